The van der Waals surface area contributed by atoms with Crippen molar-refractivity contribution >= 4 is 70.6 Å². The molecule has 0 heterocycles. The van der Waals surface area contributed by atoms with Crippen molar-refractivity contribution < 1.29 is 77.5 Å². The highest BCUT2D eigenvalue weighted by Crippen LogP contribution is 2.36. The number of carbonyl (C=O) groups excluding carboxylic acids is 8. The molecule has 1 fully saturated rings. The molecule has 0 radical (unpaired) electrons. The number of ketones is 2. The molecule has 13 N–H and O–H groups in total. The number of hydrogen-bond acceptors (Lipinski definition) is 16. The van der Waals surface area contributed by atoms with Crippen LogP contribution in [0.1, 0.15) is 189 Å². The zero-order valence-corrected chi connectivity index (χ0v) is 54.1. The minimum absolute atomic E-state index is 0.0228. The molecule has 1 aliphatic carbocycles. The van der Waals surface area contributed by atoms with Gasteiger partial charge in [0.15, 0.2) is 11.6 Å². The van der Waals surface area contributed by atoms with Gasteiger partial charge in [-0.1, -0.05) is 53.9 Å². The van der Waals surface area contributed by atoms with Crippen LogP contribution < -0.4 is 48.3 Å². The summed E-state index contributed by atoms with van der Waals surface area (Å²) < 4.78 is 11.1. The summed E-state index contributed by atoms with van der Waals surface area (Å²) >= 11 is 0. The molecule has 0 bridgehead atoms. The minimum atomic E-state index is -1.43. The van der Waals surface area contributed by atoms with Crippen LogP contribution in [0.4, 0.5) is 5.69 Å². The van der Waals surface area contributed by atoms with Gasteiger partial charge in [-0.05, 0) is 148 Å². The maximum atomic E-state index is 13.8. The van der Waals surface area contributed by atoms with E-state index in [1.165, 1.54) is 0 Å². The molecule has 1 saturated carbocycles. The number of Topliss-reactive ketones (excluding diaryl/α,β-unsaturated/α-hetero) is 2. The van der Waals surface area contributed by atoms with Crippen molar-refractivity contribution in [3.05, 3.63) is 29.8 Å². The monoisotopic (exact) mass is 1240 g/mol. The molecule has 25 nitrogen and oxygen atoms in total. The van der Waals surface area contributed by atoms with Crippen LogP contribution in [0.3, 0.4) is 0 Å². The van der Waals surface area contributed by atoms with Crippen LogP contribution in [0.25, 0.3) is 0 Å². The van der Waals surface area contributed by atoms with E-state index < -0.39 is 106 Å². The Balaban J connectivity index is 1.72. The second kappa shape index (κ2) is 37.4. The Bertz CT molecular complexity index is 2460. The van der Waals surface area contributed by atoms with Crippen LogP contribution in [-0.4, -0.2) is 169 Å². The van der Waals surface area contributed by atoms with E-state index in [1.807, 2.05) is 12.1 Å². The summed E-state index contributed by atoms with van der Waals surface area (Å²) in [6.07, 6.45) is 6.50. The molecule has 88 heavy (non-hydrogen) atoms. The quantitative estimate of drug-likeness (QED) is 0.0396. The van der Waals surface area contributed by atoms with Gasteiger partial charge in [0, 0.05) is 61.6 Å². The van der Waals surface area contributed by atoms with Crippen LogP contribution in [0.5, 0.6) is 0 Å². The largest absolute Gasteiger partial charge is 0.481 e. The summed E-state index contributed by atoms with van der Waals surface area (Å²) in [6.45, 7) is 20.7. The molecule has 3 unspecified atom stereocenters. The van der Waals surface area contributed by atoms with Gasteiger partial charge in [0.25, 0.3) is 5.91 Å². The number of carboxylic acid groups (broad SMARTS) is 3. The summed E-state index contributed by atoms with van der Waals surface area (Å²) in [5, 5.41) is 51.7. The van der Waals surface area contributed by atoms with Crippen LogP contribution in [0.2, 0.25) is 0 Å². The van der Waals surface area contributed by atoms with Gasteiger partial charge in [-0.3, -0.25) is 53.3 Å². The Morgan fingerprint density at radius 1 is 0.625 bits per heavy atom. The molecule has 0 spiro atoms. The summed E-state index contributed by atoms with van der Waals surface area (Å²) in [4.78, 5) is 139. The molecule has 2 rings (SSSR count). The highest BCUT2D eigenvalue weighted by atomic mass is 16.5. The Morgan fingerprint density at radius 2 is 1.23 bits per heavy atom. The number of carbonyl (C=O) groups is 11. The zero-order valence-electron chi connectivity index (χ0n) is 54.1. The van der Waals surface area contributed by atoms with Gasteiger partial charge in [0.05, 0.1) is 48.9 Å². The first kappa shape index (κ1) is 77.5. The van der Waals surface area contributed by atoms with Gasteiger partial charge in [-0.25, -0.2) is 4.79 Å². The van der Waals surface area contributed by atoms with Crippen molar-refractivity contribution in [2.24, 2.45) is 33.8 Å². The minimum Gasteiger partial charge on any atom is -0.481 e. The number of unbranched alkanes of at least 4 members (excludes halogenated alkanes) is 1. The number of hydrogen-bond donors (Lipinski definition) is 12. The van der Waals surface area contributed by atoms with Crippen LogP contribution in [0.15, 0.2) is 24.3 Å². The van der Waals surface area contributed by atoms with Gasteiger partial charge in [-0.15, -0.1) is 0 Å². The standard InChI is InChI=1S/C63H105N9O16/c1-12-63(13-2,14-3)30-32-65-44-24-22-42(23-25-44)54(80)66-31-16-15-17-46(53(64)79)71-50(75)38-69-61(8,9)48(73)39-88-36-35-87-34-33-68-62(10,11)52(78)45(27-29-51(76)77)70-49(74)28-26-47(56(82)83)72-55(81)43-20-18-41(19-21-43)37-67-57(84)59(4,5)40-60(6,7)58(85)86/h22-25,41,43,45-47,65,68-69H,12-21,26-40H2,1-11H3,(H2,64,79)(H,66,80)(H,67,84)(H,70,74)(H,71,75)(H,72,81)(H,76,77)(H,82,83)(H,85,86). The Hall–Kier alpha value is -6.57. The molecule has 1 aromatic rings. The second-order valence-electron chi connectivity index (χ2n) is 25.7. The summed E-state index contributed by atoms with van der Waals surface area (Å²) in [5.74, 6) is -7.89. The van der Waals surface area contributed by atoms with Gasteiger partial charge < -0.3 is 67.7 Å². The topological polar surface area (TPSA) is 389 Å². The predicted octanol–water partition coefficient (Wildman–Crippen LogP) is 4.63. The average molecular weight is 1240 g/mol. The fourth-order valence-electron chi connectivity index (χ4n) is 10.7. The number of ether oxygens (including phenoxy) is 2. The van der Waals surface area contributed by atoms with Gasteiger partial charge >= 0.3 is 17.9 Å². The lowest BCUT2D eigenvalue weighted by Gasteiger charge is -2.33. The summed E-state index contributed by atoms with van der Waals surface area (Å²) in [5.41, 5.74) is 2.87. The van der Waals surface area contributed by atoms with E-state index in [2.05, 4.69) is 63.3 Å². The molecular weight excluding hydrogens is 1140 g/mol. The lowest BCUT2D eigenvalue weighted by atomic mass is 9.74. The molecule has 6 amide bonds. The lowest BCUT2D eigenvalue weighted by molar-refractivity contribution is -0.150. The highest BCUT2D eigenvalue weighted by Gasteiger charge is 2.40. The molecule has 0 saturated heterocycles. The fourth-order valence-corrected chi connectivity index (χ4v) is 10.7. The SMILES string of the molecule is CCC(CC)(CC)CCNc1ccc(C(=O)NCCCCC(NC(=O)CNC(C)(C)C(=O)COCCOCCNC(C)(C)C(=O)C(CCC(=O)O)NC(=O)CCC(NC(=O)C2CCC(CNC(=O)C(C)(C)CC(C)(C)C(=O)O)CC2)C(=O)O)C(N)=O)cc1. The highest BCUT2D eigenvalue weighted by molar-refractivity contribution is 5.96. The maximum Gasteiger partial charge on any atom is 0.326 e. The smallest absolute Gasteiger partial charge is 0.326 e. The Kier molecular flexibility index (Phi) is 33.0. The van der Waals surface area contributed by atoms with Crippen molar-refractivity contribution in [2.75, 3.05) is 64.5 Å². The van der Waals surface area contributed by atoms with E-state index in [1.54, 1.807) is 67.5 Å². The molecule has 25 heteroatoms. The first-order valence-corrected chi connectivity index (χ1v) is 31.1. The summed E-state index contributed by atoms with van der Waals surface area (Å²) in [6, 6.07) is 3.68. The summed E-state index contributed by atoms with van der Waals surface area (Å²) in [7, 11) is 0. The third-order valence-electron chi connectivity index (χ3n) is 17.1. The number of rotatable bonds is 46. The van der Waals surface area contributed by atoms with Crippen LogP contribution >= 0.6 is 0 Å². The van der Waals surface area contributed by atoms with E-state index in [0.29, 0.717) is 62.6 Å². The normalized spacial score (nSPS) is 15.8. The lowest BCUT2D eigenvalue weighted by Crippen LogP contribution is -2.56. The molecular formula is C63H105N9O16. The molecule has 0 aliphatic heterocycles. The molecule has 1 aromatic carbocycles. The van der Waals surface area contributed by atoms with Crippen molar-refractivity contribution in [2.45, 2.75) is 208 Å². The Morgan fingerprint density at radius 3 is 1.81 bits per heavy atom. The number of nitrogens with one attached hydrogen (secondary N) is 8. The first-order chi connectivity index (χ1) is 41.1. The van der Waals surface area contributed by atoms with E-state index in [0.717, 1.165) is 37.9 Å². The number of primary amides is 1. The van der Waals surface area contributed by atoms with Crippen LogP contribution in [-0.2, 0) is 57.4 Å². The third kappa shape index (κ3) is 27.9. The predicted molar refractivity (Wildman–Crippen MR) is 332 cm³/mol. The van der Waals surface area contributed by atoms with Crippen molar-refractivity contribution in [3.63, 3.8) is 0 Å². The number of nitrogens with two attached hydrogens (primary N) is 1. The third-order valence-corrected chi connectivity index (χ3v) is 17.1. The van der Waals surface area contributed by atoms with Gasteiger partial charge in [0.2, 0.25) is 29.5 Å². The fraction of sp³-hybridized carbons (Fsp3) is 0.730. The van der Waals surface area contributed by atoms with Crippen molar-refractivity contribution in [3.8, 4) is 0 Å². The average Bonchev–Trinajstić information content (AvgIpc) is 1.86. The molecule has 3 atom stereocenters. The van der Waals surface area contributed by atoms with E-state index in [9.17, 15) is 68.1 Å². The zero-order chi connectivity index (χ0) is 66.5. The van der Waals surface area contributed by atoms with E-state index in [-0.39, 0.29) is 88.7 Å². The first-order valence-electron chi connectivity index (χ1n) is 31.1. The number of anilines is 1. The molecule has 498 valence electrons. The molecule has 1 aliphatic rings. The van der Waals surface area contributed by atoms with Crippen molar-refractivity contribution in [1.29, 1.82) is 0 Å². The number of aliphatic carboxylic acids is 3. The number of benzene rings is 1. The number of carboxylic acids is 3. The number of amides is 6. The second-order valence-corrected chi connectivity index (χ2v) is 25.7. The van der Waals surface area contributed by atoms with E-state index >= 15 is 0 Å². The van der Waals surface area contributed by atoms with Gasteiger partial charge in [-0.2, -0.15) is 0 Å². The Labute approximate surface area is 519 Å². The maximum absolute atomic E-state index is 13.8. The van der Waals surface area contributed by atoms with Gasteiger partial charge in [0.1, 0.15) is 18.7 Å². The van der Waals surface area contributed by atoms with Crippen LogP contribution in [0, 0.1) is 28.1 Å². The van der Waals surface area contributed by atoms with Crippen molar-refractivity contribution in [1.82, 2.24) is 37.2 Å². The van der Waals surface area contributed by atoms with E-state index in [4.69, 9.17) is 15.2 Å². The molecule has 0 aromatic heterocycles.